The van der Waals surface area contributed by atoms with Gasteiger partial charge in [-0.1, -0.05) is 31.5 Å². The number of fused-ring (bicyclic) bond motifs is 1. The molecule has 0 fully saturated rings. The standard InChI is InChI=1S/C16H19FN4O2/c1-2-3-8-20-10-18-13-14(20)19-16(23)21(15(13)22)9-11-6-4-5-7-12(11)17/h4-7,18H,2-3,8-10H2,1H3,(H,19,23). The quantitative estimate of drug-likeness (QED) is 0.880. The SMILES string of the molecule is CCCCN1CNc2c1[nH]c(=O)n(Cc1ccccc1F)c2=O. The second-order valence-corrected chi connectivity index (χ2v) is 5.59. The van der Waals surface area contributed by atoms with Crippen LogP contribution < -0.4 is 21.5 Å². The summed E-state index contributed by atoms with van der Waals surface area (Å²) in [6.07, 6.45) is 2.00. The molecule has 1 aromatic heterocycles. The molecule has 3 rings (SSSR count). The van der Waals surface area contributed by atoms with Crippen LogP contribution in [0.3, 0.4) is 0 Å². The maximum atomic E-state index is 13.8. The Balaban J connectivity index is 1.97. The van der Waals surface area contributed by atoms with E-state index in [9.17, 15) is 14.0 Å². The molecule has 0 unspecified atom stereocenters. The lowest BCUT2D eigenvalue weighted by molar-refractivity contribution is 0.589. The maximum Gasteiger partial charge on any atom is 0.330 e. The molecule has 7 heteroatoms. The average molecular weight is 318 g/mol. The molecule has 1 aliphatic rings. The summed E-state index contributed by atoms with van der Waals surface area (Å²) >= 11 is 0. The van der Waals surface area contributed by atoms with Crippen LogP contribution in [-0.2, 0) is 6.54 Å². The molecule has 6 nitrogen and oxygen atoms in total. The van der Waals surface area contributed by atoms with Gasteiger partial charge in [-0.15, -0.1) is 0 Å². The van der Waals surface area contributed by atoms with Gasteiger partial charge in [0.1, 0.15) is 17.3 Å². The smallest absolute Gasteiger partial charge is 0.330 e. The lowest BCUT2D eigenvalue weighted by Gasteiger charge is -2.16. The molecule has 23 heavy (non-hydrogen) atoms. The number of anilines is 2. The molecule has 1 aromatic carbocycles. The van der Waals surface area contributed by atoms with Crippen molar-refractivity contribution in [2.45, 2.75) is 26.3 Å². The van der Waals surface area contributed by atoms with Gasteiger partial charge in [0.25, 0.3) is 5.56 Å². The number of H-pyrrole nitrogens is 1. The van der Waals surface area contributed by atoms with Gasteiger partial charge < -0.3 is 10.2 Å². The first kappa shape index (κ1) is 15.3. The fourth-order valence-electron chi connectivity index (χ4n) is 2.69. The summed E-state index contributed by atoms with van der Waals surface area (Å²) in [6.45, 7) is 3.25. The topological polar surface area (TPSA) is 70.1 Å². The Morgan fingerprint density at radius 2 is 2.04 bits per heavy atom. The number of unbranched alkanes of at least 4 members (excludes halogenated alkanes) is 1. The van der Waals surface area contributed by atoms with E-state index in [1.807, 2.05) is 4.90 Å². The van der Waals surface area contributed by atoms with Gasteiger partial charge in [0.05, 0.1) is 13.2 Å². The van der Waals surface area contributed by atoms with Gasteiger partial charge in [-0.25, -0.2) is 9.18 Å². The van der Waals surface area contributed by atoms with Gasteiger partial charge in [0.2, 0.25) is 0 Å². The molecule has 2 heterocycles. The lowest BCUT2D eigenvalue weighted by Crippen LogP contribution is -2.36. The van der Waals surface area contributed by atoms with Crippen molar-refractivity contribution in [1.82, 2.24) is 9.55 Å². The highest BCUT2D eigenvalue weighted by atomic mass is 19.1. The van der Waals surface area contributed by atoms with Crippen LogP contribution in [0.1, 0.15) is 25.3 Å². The van der Waals surface area contributed by atoms with Gasteiger partial charge >= 0.3 is 5.69 Å². The third kappa shape index (κ3) is 2.86. The van der Waals surface area contributed by atoms with Crippen LogP contribution >= 0.6 is 0 Å². The van der Waals surface area contributed by atoms with Crippen LogP contribution in [-0.4, -0.2) is 22.8 Å². The van der Waals surface area contributed by atoms with Gasteiger partial charge in [-0.05, 0) is 12.5 Å². The number of aromatic nitrogens is 2. The van der Waals surface area contributed by atoms with E-state index in [4.69, 9.17) is 0 Å². The lowest BCUT2D eigenvalue weighted by atomic mass is 10.2. The summed E-state index contributed by atoms with van der Waals surface area (Å²) in [5.74, 6) is 0.0927. The molecule has 0 spiro atoms. The van der Waals surface area contributed by atoms with Crippen LogP contribution in [0.2, 0.25) is 0 Å². The summed E-state index contributed by atoms with van der Waals surface area (Å²) < 4.78 is 14.8. The van der Waals surface area contributed by atoms with Gasteiger partial charge in [0.15, 0.2) is 0 Å². The molecular weight excluding hydrogens is 299 g/mol. The Morgan fingerprint density at radius 3 is 2.78 bits per heavy atom. The minimum atomic E-state index is -0.526. The number of nitrogens with one attached hydrogen (secondary N) is 2. The fraction of sp³-hybridized carbons (Fsp3) is 0.375. The molecule has 0 bridgehead atoms. The second kappa shape index (κ2) is 6.28. The summed E-state index contributed by atoms with van der Waals surface area (Å²) in [5, 5.41) is 3.02. The number of halogens is 1. The van der Waals surface area contributed by atoms with Crippen LogP contribution in [0.5, 0.6) is 0 Å². The Labute approximate surface area is 132 Å². The van der Waals surface area contributed by atoms with E-state index < -0.39 is 17.1 Å². The fourth-order valence-corrected chi connectivity index (χ4v) is 2.69. The van der Waals surface area contributed by atoms with E-state index in [1.54, 1.807) is 18.2 Å². The van der Waals surface area contributed by atoms with Crippen LogP contribution in [0.25, 0.3) is 0 Å². The zero-order valence-corrected chi connectivity index (χ0v) is 12.9. The highest BCUT2D eigenvalue weighted by molar-refractivity contribution is 5.69. The van der Waals surface area contributed by atoms with E-state index in [2.05, 4.69) is 17.2 Å². The molecule has 0 amide bonds. The first-order valence-corrected chi connectivity index (χ1v) is 7.71. The Hall–Kier alpha value is -2.57. The Morgan fingerprint density at radius 1 is 1.26 bits per heavy atom. The van der Waals surface area contributed by atoms with Crippen molar-refractivity contribution in [3.05, 3.63) is 56.5 Å². The predicted octanol–water partition coefficient (Wildman–Crippen LogP) is 1.71. The summed E-state index contributed by atoms with van der Waals surface area (Å²) in [7, 11) is 0. The molecular formula is C16H19FN4O2. The largest absolute Gasteiger partial charge is 0.360 e. The van der Waals surface area contributed by atoms with Gasteiger partial charge in [-0.3, -0.25) is 14.3 Å². The first-order valence-electron chi connectivity index (χ1n) is 7.71. The summed E-state index contributed by atoms with van der Waals surface area (Å²) in [6, 6.07) is 6.12. The van der Waals surface area contributed by atoms with E-state index in [-0.39, 0.29) is 6.54 Å². The molecule has 0 saturated heterocycles. The first-order chi connectivity index (χ1) is 11.1. The van der Waals surface area contributed by atoms with Crippen LogP contribution in [0.15, 0.2) is 33.9 Å². The normalized spacial score (nSPS) is 13.0. The zero-order chi connectivity index (χ0) is 16.4. The van der Waals surface area contributed by atoms with Gasteiger partial charge in [-0.2, -0.15) is 0 Å². The molecule has 1 aliphatic heterocycles. The Bertz CT molecular complexity index is 828. The molecule has 0 atom stereocenters. The van der Waals surface area contributed by atoms with Crippen molar-refractivity contribution in [3.8, 4) is 0 Å². The molecule has 2 aromatic rings. The highest BCUT2D eigenvalue weighted by Gasteiger charge is 2.24. The minimum Gasteiger partial charge on any atom is -0.360 e. The molecule has 0 radical (unpaired) electrons. The third-order valence-corrected chi connectivity index (χ3v) is 4.00. The Kier molecular flexibility index (Phi) is 4.18. The highest BCUT2D eigenvalue weighted by Crippen LogP contribution is 2.24. The van der Waals surface area contributed by atoms with E-state index in [0.29, 0.717) is 23.7 Å². The predicted molar refractivity (Wildman–Crippen MR) is 87.6 cm³/mol. The molecule has 2 N–H and O–H groups in total. The molecule has 0 saturated carbocycles. The van der Waals surface area contributed by atoms with Crippen LogP contribution in [0, 0.1) is 5.82 Å². The van der Waals surface area contributed by atoms with Crippen molar-refractivity contribution >= 4 is 11.5 Å². The number of benzene rings is 1. The summed E-state index contributed by atoms with van der Waals surface area (Å²) in [4.78, 5) is 29.5. The maximum absolute atomic E-state index is 13.8. The van der Waals surface area contributed by atoms with E-state index >= 15 is 0 Å². The number of rotatable bonds is 5. The van der Waals surface area contributed by atoms with Crippen molar-refractivity contribution < 1.29 is 4.39 Å². The molecule has 0 aliphatic carbocycles. The third-order valence-electron chi connectivity index (χ3n) is 4.00. The zero-order valence-electron chi connectivity index (χ0n) is 12.9. The van der Waals surface area contributed by atoms with E-state index in [1.165, 1.54) is 6.07 Å². The van der Waals surface area contributed by atoms with E-state index in [0.717, 1.165) is 24.0 Å². The van der Waals surface area contributed by atoms with Crippen molar-refractivity contribution in [3.63, 3.8) is 0 Å². The van der Waals surface area contributed by atoms with Gasteiger partial charge in [0, 0.05) is 12.1 Å². The second-order valence-electron chi connectivity index (χ2n) is 5.59. The van der Waals surface area contributed by atoms with Crippen molar-refractivity contribution in [2.75, 3.05) is 23.4 Å². The van der Waals surface area contributed by atoms with Crippen molar-refractivity contribution in [2.24, 2.45) is 0 Å². The summed E-state index contributed by atoms with van der Waals surface area (Å²) in [5.41, 5.74) is -0.272. The number of hydrogen-bond acceptors (Lipinski definition) is 4. The number of nitrogens with zero attached hydrogens (tertiary/aromatic N) is 2. The minimum absolute atomic E-state index is 0.0925. The monoisotopic (exact) mass is 318 g/mol. The van der Waals surface area contributed by atoms with Crippen LogP contribution in [0.4, 0.5) is 15.9 Å². The number of hydrogen-bond donors (Lipinski definition) is 2. The van der Waals surface area contributed by atoms with Crippen molar-refractivity contribution in [1.29, 1.82) is 0 Å². The number of aromatic amines is 1. The average Bonchev–Trinajstić information content (AvgIpc) is 2.94. The molecule has 122 valence electrons.